The summed E-state index contributed by atoms with van der Waals surface area (Å²) < 4.78 is 4.89. The lowest BCUT2D eigenvalue weighted by atomic mass is 10.2. The number of aliphatic hydroxyl groups is 1. The van der Waals surface area contributed by atoms with Crippen molar-refractivity contribution in [3.63, 3.8) is 0 Å². The second-order valence-corrected chi connectivity index (χ2v) is 3.82. The summed E-state index contributed by atoms with van der Waals surface area (Å²) in [6, 6.07) is -1.63. The van der Waals surface area contributed by atoms with E-state index in [9.17, 15) is 9.59 Å². The summed E-state index contributed by atoms with van der Waals surface area (Å²) in [5, 5.41) is 22.2. The zero-order valence-corrected chi connectivity index (χ0v) is 10.1. The molecule has 2 amide bonds. The minimum absolute atomic E-state index is 0.0175. The van der Waals surface area contributed by atoms with Gasteiger partial charge in [-0.2, -0.15) is 0 Å². The first-order valence-electron chi connectivity index (χ1n) is 5.38. The molecule has 7 nitrogen and oxygen atoms in total. The number of aliphatic hydroxyl groups excluding tert-OH is 1. The third-order valence-corrected chi connectivity index (χ3v) is 2.08. The van der Waals surface area contributed by atoms with Crippen molar-refractivity contribution in [2.75, 3.05) is 26.9 Å². The number of hydrogen-bond donors (Lipinski definition) is 4. The smallest absolute Gasteiger partial charge is 0.326 e. The monoisotopic (exact) mass is 248 g/mol. The summed E-state index contributed by atoms with van der Waals surface area (Å²) in [4.78, 5) is 22.0. The van der Waals surface area contributed by atoms with Gasteiger partial charge in [0.05, 0.1) is 6.61 Å². The van der Waals surface area contributed by atoms with Gasteiger partial charge in [0, 0.05) is 26.7 Å². The molecule has 0 radical (unpaired) electrons. The first-order chi connectivity index (χ1) is 8.01. The number of aliphatic carboxylic acids is 1. The van der Waals surface area contributed by atoms with Gasteiger partial charge in [0.25, 0.3) is 0 Å². The van der Waals surface area contributed by atoms with E-state index in [1.54, 1.807) is 7.11 Å². The fourth-order valence-electron chi connectivity index (χ4n) is 1.21. The highest BCUT2D eigenvalue weighted by Crippen LogP contribution is 1.94. The van der Waals surface area contributed by atoms with Crippen molar-refractivity contribution >= 4 is 12.0 Å². The molecule has 0 aromatic heterocycles. The Labute approximate surface area is 100 Å². The van der Waals surface area contributed by atoms with Crippen molar-refractivity contribution in [1.29, 1.82) is 0 Å². The van der Waals surface area contributed by atoms with Crippen LogP contribution < -0.4 is 10.6 Å². The van der Waals surface area contributed by atoms with E-state index in [4.69, 9.17) is 14.9 Å². The number of ether oxygens (including phenoxy) is 1. The topological polar surface area (TPSA) is 108 Å². The van der Waals surface area contributed by atoms with Crippen LogP contribution in [0.1, 0.15) is 13.3 Å². The zero-order chi connectivity index (χ0) is 13.3. The first-order valence-corrected chi connectivity index (χ1v) is 5.38. The fraction of sp³-hybridized carbons (Fsp3) is 0.800. The molecule has 0 aliphatic rings. The SMILES string of the molecule is COCC(C)CNC(=O)N[C@H](CCO)C(=O)O. The van der Waals surface area contributed by atoms with E-state index in [1.807, 2.05) is 6.92 Å². The van der Waals surface area contributed by atoms with E-state index >= 15 is 0 Å². The van der Waals surface area contributed by atoms with Crippen LogP contribution in [-0.2, 0) is 9.53 Å². The van der Waals surface area contributed by atoms with Gasteiger partial charge in [-0.15, -0.1) is 0 Å². The summed E-state index contributed by atoms with van der Waals surface area (Å²) in [7, 11) is 1.57. The van der Waals surface area contributed by atoms with E-state index in [0.29, 0.717) is 13.2 Å². The summed E-state index contributed by atoms with van der Waals surface area (Å²) in [6.07, 6.45) is -0.0175. The normalized spacial score (nSPS) is 13.8. The Bertz CT molecular complexity index is 247. The van der Waals surface area contributed by atoms with Crippen molar-refractivity contribution in [3.8, 4) is 0 Å². The zero-order valence-electron chi connectivity index (χ0n) is 10.1. The number of hydrogen-bond acceptors (Lipinski definition) is 4. The molecule has 0 saturated carbocycles. The predicted octanol–water partition coefficient (Wildman–Crippen LogP) is -0.596. The number of carbonyl (C=O) groups is 2. The van der Waals surface area contributed by atoms with Crippen molar-refractivity contribution < 1.29 is 24.5 Å². The number of carboxylic acids is 1. The Morgan fingerprint density at radius 3 is 2.53 bits per heavy atom. The lowest BCUT2D eigenvalue weighted by molar-refractivity contribution is -0.139. The third-order valence-electron chi connectivity index (χ3n) is 2.08. The Balaban J connectivity index is 3.93. The predicted molar refractivity (Wildman–Crippen MR) is 60.7 cm³/mol. The molecule has 0 aromatic rings. The fourth-order valence-corrected chi connectivity index (χ4v) is 1.21. The Morgan fingerprint density at radius 2 is 2.06 bits per heavy atom. The highest BCUT2D eigenvalue weighted by atomic mass is 16.5. The van der Waals surface area contributed by atoms with E-state index in [2.05, 4.69) is 10.6 Å². The van der Waals surface area contributed by atoms with Crippen LogP contribution in [0.25, 0.3) is 0 Å². The van der Waals surface area contributed by atoms with Crippen molar-refractivity contribution in [2.24, 2.45) is 5.92 Å². The highest BCUT2D eigenvalue weighted by molar-refractivity contribution is 5.82. The number of urea groups is 1. The standard InChI is InChI=1S/C10H20N2O5/c1-7(6-17-2)5-11-10(16)12-8(3-4-13)9(14)15/h7-8,13H,3-6H2,1-2H3,(H,14,15)(H2,11,12,16)/t7?,8-/m1/s1. The second kappa shape index (κ2) is 8.77. The molecule has 0 bridgehead atoms. The molecule has 0 fully saturated rings. The Kier molecular flexibility index (Phi) is 8.08. The first kappa shape index (κ1) is 15.7. The third kappa shape index (κ3) is 7.53. The molecule has 2 atom stereocenters. The van der Waals surface area contributed by atoms with Crippen molar-refractivity contribution in [3.05, 3.63) is 0 Å². The Hall–Kier alpha value is -1.34. The van der Waals surface area contributed by atoms with Gasteiger partial charge in [0.2, 0.25) is 0 Å². The lowest BCUT2D eigenvalue weighted by Gasteiger charge is -2.16. The van der Waals surface area contributed by atoms with Crippen LogP contribution in [0.2, 0.25) is 0 Å². The van der Waals surface area contributed by atoms with Crippen LogP contribution in [0.15, 0.2) is 0 Å². The van der Waals surface area contributed by atoms with Gasteiger partial charge in [-0.1, -0.05) is 6.92 Å². The molecule has 0 aliphatic heterocycles. The minimum Gasteiger partial charge on any atom is -0.480 e. The molecule has 100 valence electrons. The maximum absolute atomic E-state index is 11.3. The highest BCUT2D eigenvalue weighted by Gasteiger charge is 2.19. The Morgan fingerprint density at radius 1 is 1.41 bits per heavy atom. The van der Waals surface area contributed by atoms with Crippen LogP contribution >= 0.6 is 0 Å². The number of rotatable bonds is 8. The molecule has 17 heavy (non-hydrogen) atoms. The summed E-state index contributed by atoms with van der Waals surface area (Å²) >= 11 is 0. The van der Waals surface area contributed by atoms with Crippen molar-refractivity contribution in [2.45, 2.75) is 19.4 Å². The maximum Gasteiger partial charge on any atom is 0.326 e. The van der Waals surface area contributed by atoms with Crippen molar-refractivity contribution in [1.82, 2.24) is 10.6 Å². The molecule has 0 aromatic carbocycles. The van der Waals surface area contributed by atoms with Crippen LogP contribution in [0, 0.1) is 5.92 Å². The molecule has 0 spiro atoms. The van der Waals surface area contributed by atoms with Crippen LogP contribution in [0.3, 0.4) is 0 Å². The van der Waals surface area contributed by atoms with Gasteiger partial charge in [-0.25, -0.2) is 9.59 Å². The summed E-state index contributed by atoms with van der Waals surface area (Å²) in [6.45, 7) is 2.51. The minimum atomic E-state index is -1.17. The van der Waals surface area contributed by atoms with E-state index in [-0.39, 0.29) is 18.9 Å². The van der Waals surface area contributed by atoms with Gasteiger partial charge in [0.15, 0.2) is 0 Å². The molecule has 4 N–H and O–H groups in total. The second-order valence-electron chi connectivity index (χ2n) is 3.82. The van der Waals surface area contributed by atoms with Crippen LogP contribution in [0.4, 0.5) is 4.79 Å². The number of amides is 2. The van der Waals surface area contributed by atoms with E-state index in [1.165, 1.54) is 0 Å². The molecule has 0 aliphatic carbocycles. The van der Waals surface area contributed by atoms with E-state index < -0.39 is 18.0 Å². The largest absolute Gasteiger partial charge is 0.480 e. The molecular weight excluding hydrogens is 228 g/mol. The van der Waals surface area contributed by atoms with Gasteiger partial charge < -0.3 is 25.6 Å². The van der Waals surface area contributed by atoms with E-state index in [0.717, 1.165) is 0 Å². The maximum atomic E-state index is 11.3. The van der Waals surface area contributed by atoms with Crippen LogP contribution in [0.5, 0.6) is 0 Å². The number of nitrogens with one attached hydrogen (secondary N) is 2. The quantitative estimate of drug-likeness (QED) is 0.459. The van der Waals surface area contributed by atoms with Gasteiger partial charge in [0.1, 0.15) is 6.04 Å². The molecular formula is C10H20N2O5. The van der Waals surface area contributed by atoms with Crippen LogP contribution in [-0.4, -0.2) is 55.1 Å². The molecule has 0 saturated heterocycles. The molecule has 0 rings (SSSR count). The number of methoxy groups -OCH3 is 1. The number of carboxylic acid groups (broad SMARTS) is 1. The van der Waals surface area contributed by atoms with Gasteiger partial charge in [-0.3, -0.25) is 0 Å². The average Bonchev–Trinajstić information content (AvgIpc) is 2.26. The molecule has 0 heterocycles. The number of carbonyl (C=O) groups excluding carboxylic acids is 1. The molecule has 7 heteroatoms. The molecule has 1 unspecified atom stereocenters. The average molecular weight is 248 g/mol. The summed E-state index contributed by atoms with van der Waals surface area (Å²) in [5.74, 6) is -1.02. The van der Waals surface area contributed by atoms with Gasteiger partial charge >= 0.3 is 12.0 Å². The summed E-state index contributed by atoms with van der Waals surface area (Å²) in [5.41, 5.74) is 0. The van der Waals surface area contributed by atoms with Gasteiger partial charge in [-0.05, 0) is 5.92 Å². The lowest BCUT2D eigenvalue weighted by Crippen LogP contribution is -2.47.